The van der Waals surface area contributed by atoms with Crippen molar-refractivity contribution in [2.75, 3.05) is 16.7 Å². The predicted molar refractivity (Wildman–Crippen MR) is 143 cm³/mol. The van der Waals surface area contributed by atoms with Crippen molar-refractivity contribution >= 4 is 45.0 Å². The molecule has 0 radical (unpaired) electrons. The van der Waals surface area contributed by atoms with E-state index in [9.17, 15) is 26.4 Å². The van der Waals surface area contributed by atoms with E-state index in [0.29, 0.717) is 6.07 Å². The van der Waals surface area contributed by atoms with E-state index in [0.717, 1.165) is 29.3 Å². The maximum absolute atomic E-state index is 15.4. The highest BCUT2D eigenvalue weighted by atomic mass is 35.5. The highest BCUT2D eigenvalue weighted by molar-refractivity contribution is 7.92. The molecule has 15 heteroatoms. The SMILES string of the molecule is CCC(=O)N(c1ccc(S(=O)(=O)Nc2ncccn2)cn1)c1cc(F)c(-c2ccc(Cl)c(C(F)(F)F)c2)cc1OC. The summed E-state index contributed by atoms with van der Waals surface area (Å²) in [6.45, 7) is 1.54. The molecule has 0 saturated heterocycles. The Kier molecular flexibility index (Phi) is 8.44. The van der Waals surface area contributed by atoms with Crippen LogP contribution in [0.4, 0.5) is 35.0 Å². The summed E-state index contributed by atoms with van der Waals surface area (Å²) in [5.74, 6) is -1.81. The summed E-state index contributed by atoms with van der Waals surface area (Å²) in [5.41, 5.74) is -1.61. The number of hydrogen-bond acceptors (Lipinski definition) is 7. The van der Waals surface area contributed by atoms with Gasteiger partial charge in [0.05, 0.1) is 23.4 Å². The van der Waals surface area contributed by atoms with Crippen LogP contribution >= 0.6 is 11.6 Å². The third-order valence-corrected chi connectivity index (χ3v) is 7.34. The van der Waals surface area contributed by atoms with Crippen LogP contribution in [-0.2, 0) is 21.0 Å². The number of carbonyl (C=O) groups is 1. The molecule has 0 fully saturated rings. The molecule has 0 aliphatic carbocycles. The molecule has 1 N–H and O–H groups in total. The Morgan fingerprint density at radius 2 is 1.78 bits per heavy atom. The molecule has 4 aromatic rings. The zero-order valence-electron chi connectivity index (χ0n) is 21.3. The molecule has 1 amide bonds. The summed E-state index contributed by atoms with van der Waals surface area (Å²) < 4.78 is 88.6. The van der Waals surface area contributed by atoms with E-state index in [-0.39, 0.29) is 45.6 Å². The Balaban J connectivity index is 1.75. The van der Waals surface area contributed by atoms with E-state index >= 15 is 4.39 Å². The first-order valence-electron chi connectivity index (χ1n) is 11.7. The third kappa shape index (κ3) is 6.38. The normalized spacial score (nSPS) is 11.7. The lowest BCUT2D eigenvalue weighted by Gasteiger charge is -2.24. The van der Waals surface area contributed by atoms with Gasteiger partial charge in [0.15, 0.2) is 0 Å². The molecule has 0 atom stereocenters. The van der Waals surface area contributed by atoms with Gasteiger partial charge in [-0.2, -0.15) is 13.2 Å². The molecule has 41 heavy (non-hydrogen) atoms. The number of carbonyl (C=O) groups excluding carboxylic acids is 1. The van der Waals surface area contributed by atoms with Gasteiger partial charge in [0.25, 0.3) is 10.0 Å². The Bertz CT molecular complexity index is 1690. The second kappa shape index (κ2) is 11.7. The average Bonchev–Trinajstić information content (AvgIpc) is 2.93. The fourth-order valence-corrected chi connectivity index (χ4v) is 4.88. The highest BCUT2D eigenvalue weighted by Gasteiger charge is 2.34. The minimum atomic E-state index is -4.77. The molecular weight excluding hydrogens is 590 g/mol. The second-order valence-corrected chi connectivity index (χ2v) is 10.4. The smallest absolute Gasteiger partial charge is 0.417 e. The summed E-state index contributed by atoms with van der Waals surface area (Å²) in [4.78, 5) is 25.4. The molecule has 2 aromatic carbocycles. The van der Waals surface area contributed by atoms with Crippen molar-refractivity contribution in [3.05, 3.63) is 83.5 Å². The van der Waals surface area contributed by atoms with E-state index in [2.05, 4.69) is 19.7 Å². The van der Waals surface area contributed by atoms with Crippen LogP contribution in [0.1, 0.15) is 18.9 Å². The number of pyridine rings is 1. The number of aromatic nitrogens is 3. The third-order valence-electron chi connectivity index (χ3n) is 5.70. The van der Waals surface area contributed by atoms with Crippen LogP contribution in [0.25, 0.3) is 11.1 Å². The Hall–Kier alpha value is -4.30. The summed E-state index contributed by atoms with van der Waals surface area (Å²) in [7, 11) is -2.90. The van der Waals surface area contributed by atoms with Gasteiger partial charge in [-0.05, 0) is 42.0 Å². The highest BCUT2D eigenvalue weighted by Crippen LogP contribution is 2.41. The predicted octanol–water partition coefficient (Wildman–Crippen LogP) is 6.23. The number of nitrogens with one attached hydrogen (secondary N) is 1. The van der Waals surface area contributed by atoms with Gasteiger partial charge in [-0.1, -0.05) is 24.6 Å². The molecule has 0 aliphatic rings. The van der Waals surface area contributed by atoms with Gasteiger partial charge in [0.2, 0.25) is 11.9 Å². The molecule has 0 aliphatic heterocycles. The van der Waals surface area contributed by atoms with Gasteiger partial charge in [0.1, 0.15) is 22.3 Å². The molecule has 2 aromatic heterocycles. The van der Waals surface area contributed by atoms with Gasteiger partial charge < -0.3 is 4.74 Å². The van der Waals surface area contributed by atoms with Crippen molar-refractivity contribution in [3.63, 3.8) is 0 Å². The van der Waals surface area contributed by atoms with Gasteiger partial charge in [-0.15, -0.1) is 0 Å². The van der Waals surface area contributed by atoms with Gasteiger partial charge in [-0.25, -0.2) is 32.5 Å². The number of ether oxygens (including phenoxy) is 1. The topological polar surface area (TPSA) is 114 Å². The molecule has 0 bridgehead atoms. The number of halogens is 5. The van der Waals surface area contributed by atoms with Crippen LogP contribution in [0.5, 0.6) is 5.75 Å². The largest absolute Gasteiger partial charge is 0.495 e. The fourth-order valence-electron chi connectivity index (χ4n) is 3.75. The fraction of sp³-hybridized carbons (Fsp3) is 0.154. The maximum Gasteiger partial charge on any atom is 0.417 e. The van der Waals surface area contributed by atoms with Crippen LogP contribution in [0, 0.1) is 5.82 Å². The van der Waals surface area contributed by atoms with E-state index in [1.54, 1.807) is 6.92 Å². The van der Waals surface area contributed by atoms with Crippen molar-refractivity contribution in [3.8, 4) is 16.9 Å². The van der Waals surface area contributed by atoms with Gasteiger partial charge in [0, 0.05) is 36.6 Å². The second-order valence-electron chi connectivity index (χ2n) is 8.31. The molecule has 0 spiro atoms. The summed E-state index contributed by atoms with van der Waals surface area (Å²) >= 11 is 5.69. The van der Waals surface area contributed by atoms with Crippen molar-refractivity contribution in [1.82, 2.24) is 15.0 Å². The number of methoxy groups -OCH3 is 1. The average molecular weight is 610 g/mol. The van der Waals surface area contributed by atoms with E-state index in [1.165, 1.54) is 43.8 Å². The number of alkyl halides is 3. The van der Waals surface area contributed by atoms with E-state index in [1.807, 2.05) is 0 Å². The number of rotatable bonds is 8. The van der Waals surface area contributed by atoms with Crippen molar-refractivity contribution in [2.24, 2.45) is 0 Å². The monoisotopic (exact) mass is 609 g/mol. The number of nitrogens with zero attached hydrogens (tertiary/aromatic N) is 4. The molecule has 4 rings (SSSR count). The first-order valence-corrected chi connectivity index (χ1v) is 13.5. The van der Waals surface area contributed by atoms with E-state index in [4.69, 9.17) is 16.3 Å². The van der Waals surface area contributed by atoms with Crippen LogP contribution in [0.2, 0.25) is 5.02 Å². The molecule has 9 nitrogen and oxygen atoms in total. The first kappa shape index (κ1) is 29.7. The number of sulfonamides is 1. The zero-order valence-corrected chi connectivity index (χ0v) is 22.9. The quantitative estimate of drug-likeness (QED) is 0.235. The van der Waals surface area contributed by atoms with Crippen LogP contribution in [0.3, 0.4) is 0 Å². The number of anilines is 3. The standard InChI is InChI=1S/C26H20ClF4N5O4S/c1-3-24(37)36(23-8-6-16(14-34-23)41(38,39)35-25-32-9-4-10-33-25)21-13-20(28)17(12-22(21)40-2)15-5-7-19(27)18(11-15)26(29,30)31/h4-14H,3H2,1-2H3,(H,32,33,35). The number of benzene rings is 2. The molecule has 0 unspecified atom stereocenters. The zero-order chi connectivity index (χ0) is 29.9. The van der Waals surface area contributed by atoms with Crippen LogP contribution in [0.15, 0.2) is 72.0 Å². The number of amides is 1. The summed E-state index contributed by atoms with van der Waals surface area (Å²) in [6.07, 6.45) is -1.15. The minimum Gasteiger partial charge on any atom is -0.495 e. The Morgan fingerprint density at radius 1 is 1.07 bits per heavy atom. The van der Waals surface area contributed by atoms with Gasteiger partial charge in [-0.3, -0.25) is 9.69 Å². The lowest BCUT2D eigenvalue weighted by atomic mass is 10.0. The van der Waals surface area contributed by atoms with E-state index < -0.39 is 38.5 Å². The maximum atomic E-state index is 15.4. The van der Waals surface area contributed by atoms with Crippen LogP contribution in [-0.4, -0.2) is 36.4 Å². The summed E-state index contributed by atoms with van der Waals surface area (Å²) in [6, 6.07) is 8.92. The lowest BCUT2D eigenvalue weighted by Crippen LogP contribution is -2.26. The van der Waals surface area contributed by atoms with Crippen LogP contribution < -0.4 is 14.4 Å². The molecule has 0 saturated carbocycles. The minimum absolute atomic E-state index is 0.0619. The molecular formula is C26H20ClF4N5O4S. The lowest BCUT2D eigenvalue weighted by molar-refractivity contribution is -0.137. The van der Waals surface area contributed by atoms with Crippen molar-refractivity contribution < 1.29 is 35.5 Å². The van der Waals surface area contributed by atoms with Crippen molar-refractivity contribution in [2.45, 2.75) is 24.4 Å². The number of hydrogen-bond donors (Lipinski definition) is 1. The molecule has 214 valence electrons. The Morgan fingerprint density at radius 3 is 2.37 bits per heavy atom. The first-order chi connectivity index (χ1) is 19.4. The Labute approximate surface area is 236 Å². The summed E-state index contributed by atoms with van der Waals surface area (Å²) in [5, 5.41) is -0.548. The van der Waals surface area contributed by atoms with Gasteiger partial charge >= 0.3 is 6.18 Å². The molecule has 2 heterocycles. The van der Waals surface area contributed by atoms with Crippen molar-refractivity contribution in [1.29, 1.82) is 0 Å².